The first-order valence-corrected chi connectivity index (χ1v) is 7.28. The number of amides is 1. The Balaban J connectivity index is 2.58. The number of carbonyl (C=O) groups excluding carboxylic acids is 1. The second-order valence-corrected chi connectivity index (χ2v) is 6.20. The summed E-state index contributed by atoms with van der Waals surface area (Å²) in [5.74, 6) is -1.53. The van der Waals surface area contributed by atoms with Gasteiger partial charge in [0, 0.05) is 6.26 Å². The van der Waals surface area contributed by atoms with Crippen LogP contribution in [0.25, 0.3) is 0 Å². The minimum absolute atomic E-state index is 0.0200. The Hall–Kier alpha value is -2.09. The van der Waals surface area contributed by atoms with E-state index in [2.05, 4.69) is 5.32 Å². The minimum Gasteiger partial charge on any atom is -0.480 e. The molecule has 1 heterocycles. The highest BCUT2D eigenvalue weighted by Gasteiger charge is 2.28. The zero-order valence-electron chi connectivity index (χ0n) is 10.1. The topological polar surface area (TPSA) is 104 Å². The van der Waals surface area contributed by atoms with Crippen molar-refractivity contribution in [1.82, 2.24) is 0 Å². The third kappa shape index (κ3) is 2.68. The average Bonchev–Trinajstić information content (AvgIpc) is 2.25. The number of benzene rings is 1. The first-order valence-electron chi connectivity index (χ1n) is 5.38. The Morgan fingerprint density at radius 3 is 2.74 bits per heavy atom. The van der Waals surface area contributed by atoms with Gasteiger partial charge in [0.25, 0.3) is 0 Å². The number of para-hydroxylation sites is 1. The van der Waals surface area contributed by atoms with Crippen molar-refractivity contribution in [2.75, 3.05) is 29.6 Å². The van der Waals surface area contributed by atoms with Crippen molar-refractivity contribution in [2.24, 2.45) is 0 Å². The Morgan fingerprint density at radius 1 is 1.47 bits per heavy atom. The maximum atomic E-state index is 11.7. The predicted octanol–water partition coefficient (Wildman–Crippen LogP) is -0.0668. The van der Waals surface area contributed by atoms with Crippen LogP contribution >= 0.6 is 0 Å². The van der Waals surface area contributed by atoms with Crippen molar-refractivity contribution < 1.29 is 23.1 Å². The molecule has 1 amide bonds. The van der Waals surface area contributed by atoms with Crippen LogP contribution in [0.4, 0.5) is 11.4 Å². The number of carbonyl (C=O) groups is 2. The lowest BCUT2D eigenvalue weighted by molar-refractivity contribution is -0.135. The second kappa shape index (κ2) is 4.54. The van der Waals surface area contributed by atoms with E-state index < -0.39 is 21.7 Å². The monoisotopic (exact) mass is 284 g/mol. The minimum atomic E-state index is -3.51. The molecule has 0 fully saturated rings. The van der Waals surface area contributed by atoms with Gasteiger partial charge in [0.1, 0.15) is 6.54 Å². The molecule has 1 aromatic rings. The highest BCUT2D eigenvalue weighted by Crippen LogP contribution is 2.34. The number of rotatable bonds is 3. The largest absolute Gasteiger partial charge is 0.480 e. The van der Waals surface area contributed by atoms with Crippen molar-refractivity contribution in [1.29, 1.82) is 0 Å². The van der Waals surface area contributed by atoms with Gasteiger partial charge in [-0.05, 0) is 12.1 Å². The van der Waals surface area contributed by atoms with Crippen LogP contribution in [-0.2, 0) is 19.4 Å². The van der Waals surface area contributed by atoms with Crippen molar-refractivity contribution in [3.63, 3.8) is 0 Å². The summed E-state index contributed by atoms with van der Waals surface area (Å²) in [4.78, 5) is 23.6. The SMILES string of the molecule is CS(=O)(=O)c1cccc2c1NC(=O)CN2CC(=O)O. The third-order valence-corrected chi connectivity index (χ3v) is 3.81. The van der Waals surface area contributed by atoms with Gasteiger partial charge in [-0.2, -0.15) is 0 Å². The maximum absolute atomic E-state index is 11.7. The fourth-order valence-corrected chi connectivity index (χ4v) is 2.81. The second-order valence-electron chi connectivity index (χ2n) is 4.22. The normalized spacial score (nSPS) is 14.8. The molecule has 1 aromatic carbocycles. The Kier molecular flexibility index (Phi) is 3.19. The van der Waals surface area contributed by atoms with E-state index in [1.807, 2.05) is 0 Å². The fraction of sp³-hybridized carbons (Fsp3) is 0.273. The van der Waals surface area contributed by atoms with Crippen LogP contribution in [0.2, 0.25) is 0 Å². The molecule has 1 aliphatic rings. The number of fused-ring (bicyclic) bond motifs is 1. The summed E-state index contributed by atoms with van der Waals surface area (Å²) in [5, 5.41) is 11.3. The number of nitrogens with one attached hydrogen (secondary N) is 1. The molecule has 1 aliphatic heterocycles. The number of carboxylic acids is 1. The van der Waals surface area contributed by atoms with Gasteiger partial charge in [-0.1, -0.05) is 6.07 Å². The van der Waals surface area contributed by atoms with Gasteiger partial charge in [0.2, 0.25) is 5.91 Å². The number of aliphatic carboxylic acids is 1. The molecule has 0 saturated carbocycles. The van der Waals surface area contributed by atoms with Gasteiger partial charge in [0.05, 0.1) is 22.8 Å². The summed E-state index contributed by atoms with van der Waals surface area (Å²) in [6.07, 6.45) is 1.03. The van der Waals surface area contributed by atoms with Crippen molar-refractivity contribution in [3.05, 3.63) is 18.2 Å². The van der Waals surface area contributed by atoms with E-state index in [1.54, 1.807) is 6.07 Å². The Labute approximate surface area is 109 Å². The molecule has 19 heavy (non-hydrogen) atoms. The summed E-state index contributed by atoms with van der Waals surface area (Å²) in [7, 11) is -3.51. The molecule has 0 aromatic heterocycles. The zero-order valence-corrected chi connectivity index (χ0v) is 10.9. The molecule has 0 unspecified atom stereocenters. The number of hydrogen-bond acceptors (Lipinski definition) is 5. The smallest absolute Gasteiger partial charge is 0.323 e. The number of hydrogen-bond donors (Lipinski definition) is 2. The van der Waals surface area contributed by atoms with Gasteiger partial charge in [-0.15, -0.1) is 0 Å². The summed E-state index contributed by atoms with van der Waals surface area (Å²) in [5.41, 5.74) is 0.535. The van der Waals surface area contributed by atoms with Gasteiger partial charge < -0.3 is 15.3 Å². The third-order valence-electron chi connectivity index (χ3n) is 2.67. The number of nitrogens with zero attached hydrogens (tertiary/aromatic N) is 1. The summed E-state index contributed by atoms with van der Waals surface area (Å²) < 4.78 is 23.3. The molecular formula is C11H12N2O5S. The Bertz CT molecular complexity index is 653. The average molecular weight is 284 g/mol. The van der Waals surface area contributed by atoms with Gasteiger partial charge in [-0.3, -0.25) is 9.59 Å². The predicted molar refractivity (Wildman–Crippen MR) is 68.0 cm³/mol. The lowest BCUT2D eigenvalue weighted by Crippen LogP contribution is -2.41. The standard InChI is InChI=1S/C11H12N2O5S/c1-19(17,18)8-4-2-3-7-11(8)12-9(14)5-13(7)6-10(15)16/h2-4H,5-6H2,1H3,(H,12,14)(H,15,16). The lowest BCUT2D eigenvalue weighted by Gasteiger charge is -2.30. The van der Waals surface area contributed by atoms with Crippen LogP contribution in [0.5, 0.6) is 0 Å². The van der Waals surface area contributed by atoms with Crippen LogP contribution in [-0.4, -0.2) is 44.7 Å². The Morgan fingerprint density at radius 2 is 2.16 bits per heavy atom. The number of carboxylic acid groups (broad SMARTS) is 1. The summed E-state index contributed by atoms with van der Waals surface area (Å²) in [6.45, 7) is -0.486. The van der Waals surface area contributed by atoms with E-state index in [-0.39, 0.29) is 23.7 Å². The van der Waals surface area contributed by atoms with Gasteiger partial charge in [-0.25, -0.2) is 8.42 Å². The number of anilines is 2. The molecule has 0 saturated heterocycles. The molecule has 0 aliphatic carbocycles. The summed E-state index contributed by atoms with van der Waals surface area (Å²) in [6, 6.07) is 4.46. The first kappa shape index (κ1) is 13.3. The van der Waals surface area contributed by atoms with E-state index in [0.717, 1.165) is 6.26 Å². The zero-order chi connectivity index (χ0) is 14.2. The molecule has 0 atom stereocenters. The van der Waals surface area contributed by atoms with Crippen LogP contribution in [0.3, 0.4) is 0 Å². The van der Waals surface area contributed by atoms with Gasteiger partial charge in [0.15, 0.2) is 9.84 Å². The fourth-order valence-electron chi connectivity index (χ4n) is 1.96. The van der Waals surface area contributed by atoms with Crippen LogP contribution in [0, 0.1) is 0 Å². The van der Waals surface area contributed by atoms with Crippen LogP contribution in [0.1, 0.15) is 0 Å². The van der Waals surface area contributed by atoms with Crippen molar-refractivity contribution >= 4 is 33.1 Å². The molecule has 0 spiro atoms. The molecule has 0 bridgehead atoms. The van der Waals surface area contributed by atoms with Crippen molar-refractivity contribution in [3.8, 4) is 0 Å². The molecule has 0 radical (unpaired) electrons. The number of sulfone groups is 1. The van der Waals surface area contributed by atoms with Crippen molar-refractivity contribution in [2.45, 2.75) is 4.90 Å². The van der Waals surface area contributed by atoms with E-state index in [9.17, 15) is 18.0 Å². The molecule has 102 valence electrons. The molecule has 8 heteroatoms. The van der Waals surface area contributed by atoms with Crippen LogP contribution in [0.15, 0.2) is 23.1 Å². The quantitative estimate of drug-likeness (QED) is 0.805. The highest BCUT2D eigenvalue weighted by atomic mass is 32.2. The van der Waals surface area contributed by atoms with E-state index in [0.29, 0.717) is 5.69 Å². The van der Waals surface area contributed by atoms with E-state index in [4.69, 9.17) is 5.11 Å². The summed E-state index contributed by atoms with van der Waals surface area (Å²) >= 11 is 0. The highest BCUT2D eigenvalue weighted by molar-refractivity contribution is 7.90. The van der Waals surface area contributed by atoms with E-state index >= 15 is 0 Å². The van der Waals surface area contributed by atoms with Crippen LogP contribution < -0.4 is 10.2 Å². The first-order chi connectivity index (χ1) is 8.79. The molecule has 2 N–H and O–H groups in total. The molecule has 7 nitrogen and oxygen atoms in total. The molecular weight excluding hydrogens is 272 g/mol. The van der Waals surface area contributed by atoms with E-state index in [1.165, 1.54) is 17.0 Å². The van der Waals surface area contributed by atoms with Gasteiger partial charge >= 0.3 is 5.97 Å². The maximum Gasteiger partial charge on any atom is 0.323 e. The molecule has 2 rings (SSSR count). The lowest BCUT2D eigenvalue weighted by atomic mass is 10.2.